The summed E-state index contributed by atoms with van der Waals surface area (Å²) >= 11 is 0. The number of amides is 1. The third-order valence-electron chi connectivity index (χ3n) is 4.49. The number of pyridine rings is 1. The maximum absolute atomic E-state index is 12.4. The van der Waals surface area contributed by atoms with E-state index in [-0.39, 0.29) is 30.6 Å². The van der Waals surface area contributed by atoms with Crippen molar-refractivity contribution in [2.45, 2.75) is 13.8 Å². The zero-order valence-electron chi connectivity index (χ0n) is 11.7. The quantitative estimate of drug-likeness (QED) is 0.737. The minimum Gasteiger partial charge on any atom is -0.506 e. The maximum atomic E-state index is 12.4. The van der Waals surface area contributed by atoms with Gasteiger partial charge >= 0.3 is 0 Å². The highest BCUT2D eigenvalue weighted by atomic mass is 16.3. The van der Waals surface area contributed by atoms with Crippen LogP contribution in [0.1, 0.15) is 24.3 Å². The molecule has 2 rings (SSSR count). The molecule has 3 N–H and O–H groups in total. The average molecular weight is 280 g/mol. The second-order valence-electron chi connectivity index (χ2n) is 6.00. The molecule has 1 fully saturated rings. The Morgan fingerprint density at radius 2 is 1.80 bits per heavy atom. The van der Waals surface area contributed by atoms with E-state index >= 15 is 0 Å². The van der Waals surface area contributed by atoms with Crippen LogP contribution in [0.4, 0.5) is 0 Å². The van der Waals surface area contributed by atoms with Crippen molar-refractivity contribution in [3.8, 4) is 5.75 Å². The Morgan fingerprint density at radius 1 is 1.25 bits per heavy atom. The number of hydrogen-bond donors (Lipinski definition) is 3. The molecule has 0 unspecified atom stereocenters. The van der Waals surface area contributed by atoms with Crippen LogP contribution in [0.25, 0.3) is 0 Å². The third kappa shape index (κ3) is 2.25. The molecular weight excluding hydrogens is 260 g/mol. The van der Waals surface area contributed by atoms with Crippen LogP contribution in [0, 0.1) is 10.8 Å². The van der Waals surface area contributed by atoms with Crippen LogP contribution >= 0.6 is 0 Å². The van der Waals surface area contributed by atoms with Gasteiger partial charge in [0.15, 0.2) is 0 Å². The van der Waals surface area contributed by atoms with Crippen molar-refractivity contribution in [2.75, 3.05) is 26.3 Å². The molecule has 2 atom stereocenters. The fraction of sp³-hybridized carbons (Fsp3) is 0.571. The number of carbonyl (C=O) groups is 1. The van der Waals surface area contributed by atoms with Gasteiger partial charge in [-0.3, -0.25) is 4.79 Å². The minimum atomic E-state index is -0.547. The molecule has 0 spiro atoms. The van der Waals surface area contributed by atoms with Gasteiger partial charge < -0.3 is 20.2 Å². The van der Waals surface area contributed by atoms with Gasteiger partial charge in [-0.15, -0.1) is 0 Å². The molecule has 0 aromatic carbocycles. The van der Waals surface area contributed by atoms with Crippen LogP contribution < -0.4 is 0 Å². The maximum Gasteiger partial charge on any atom is 0.272 e. The van der Waals surface area contributed by atoms with E-state index < -0.39 is 10.8 Å². The number of carbonyl (C=O) groups excluding carboxylic acids is 1. The lowest BCUT2D eigenvalue weighted by molar-refractivity contribution is 0.00976. The van der Waals surface area contributed by atoms with Crippen LogP contribution in [-0.2, 0) is 0 Å². The van der Waals surface area contributed by atoms with E-state index in [9.17, 15) is 20.1 Å². The molecule has 1 saturated heterocycles. The zero-order chi connectivity index (χ0) is 15.0. The van der Waals surface area contributed by atoms with Gasteiger partial charge in [0, 0.05) is 23.9 Å². The van der Waals surface area contributed by atoms with Crippen molar-refractivity contribution in [3.05, 3.63) is 24.0 Å². The Morgan fingerprint density at radius 3 is 2.20 bits per heavy atom. The largest absolute Gasteiger partial charge is 0.506 e. The summed E-state index contributed by atoms with van der Waals surface area (Å²) in [5, 5.41) is 28.4. The highest BCUT2D eigenvalue weighted by molar-refractivity contribution is 5.92. The zero-order valence-corrected chi connectivity index (χ0v) is 11.7. The van der Waals surface area contributed by atoms with Gasteiger partial charge in [0.1, 0.15) is 11.4 Å². The molecule has 1 aliphatic heterocycles. The van der Waals surface area contributed by atoms with Gasteiger partial charge in [0.25, 0.3) is 5.91 Å². The molecule has 1 aromatic rings. The molecular formula is C14H20N2O4. The summed E-state index contributed by atoms with van der Waals surface area (Å²) in [5.41, 5.74) is -0.854. The van der Waals surface area contributed by atoms with Crippen LogP contribution in [-0.4, -0.2) is 57.4 Å². The third-order valence-corrected chi connectivity index (χ3v) is 4.49. The predicted molar refractivity (Wildman–Crippen MR) is 72.2 cm³/mol. The van der Waals surface area contributed by atoms with Crippen molar-refractivity contribution in [2.24, 2.45) is 10.8 Å². The molecule has 0 bridgehead atoms. The average Bonchev–Trinajstić information content (AvgIpc) is 2.72. The normalized spacial score (nSPS) is 29.7. The van der Waals surface area contributed by atoms with Gasteiger partial charge in [-0.2, -0.15) is 0 Å². The lowest BCUT2D eigenvalue weighted by Crippen LogP contribution is -2.41. The first-order chi connectivity index (χ1) is 9.35. The fourth-order valence-corrected chi connectivity index (χ4v) is 2.58. The monoisotopic (exact) mass is 280 g/mol. The Balaban J connectivity index is 2.23. The Hall–Kier alpha value is -1.66. The SMILES string of the molecule is C[C@]1(CO)CN(C(=O)c2ccc(O)cn2)C[C@@]1(C)CO. The predicted octanol–water partition coefficient (Wildman–Crippen LogP) is 0.240. The second-order valence-corrected chi connectivity index (χ2v) is 6.00. The molecule has 0 aliphatic carbocycles. The van der Waals surface area contributed by atoms with E-state index in [4.69, 9.17) is 0 Å². The number of aliphatic hydroxyl groups excluding tert-OH is 2. The minimum absolute atomic E-state index is 0.00312. The van der Waals surface area contributed by atoms with E-state index in [1.807, 2.05) is 13.8 Å². The van der Waals surface area contributed by atoms with Crippen molar-refractivity contribution >= 4 is 5.91 Å². The Kier molecular flexibility index (Phi) is 3.71. The molecule has 1 amide bonds. The molecule has 2 heterocycles. The summed E-state index contributed by atoms with van der Waals surface area (Å²) in [7, 11) is 0. The van der Waals surface area contributed by atoms with Gasteiger partial charge in [-0.25, -0.2) is 4.98 Å². The van der Waals surface area contributed by atoms with E-state index in [0.29, 0.717) is 13.1 Å². The molecule has 6 nitrogen and oxygen atoms in total. The van der Waals surface area contributed by atoms with Crippen molar-refractivity contribution in [1.82, 2.24) is 9.88 Å². The highest BCUT2D eigenvalue weighted by Gasteiger charge is 2.52. The topological polar surface area (TPSA) is 93.9 Å². The number of hydrogen-bond acceptors (Lipinski definition) is 5. The number of nitrogens with zero attached hydrogens (tertiary/aromatic N) is 2. The summed E-state index contributed by atoms with van der Waals surface area (Å²) in [5.74, 6) is -0.259. The lowest BCUT2D eigenvalue weighted by Gasteiger charge is -2.36. The van der Waals surface area contributed by atoms with Crippen LogP contribution in [0.2, 0.25) is 0 Å². The molecule has 110 valence electrons. The van der Waals surface area contributed by atoms with Crippen LogP contribution in [0.5, 0.6) is 5.75 Å². The summed E-state index contributed by atoms with van der Waals surface area (Å²) in [6, 6.07) is 2.87. The smallest absolute Gasteiger partial charge is 0.272 e. The number of aliphatic hydroxyl groups is 2. The van der Waals surface area contributed by atoms with Crippen molar-refractivity contribution in [3.63, 3.8) is 0 Å². The number of aromatic hydroxyl groups is 1. The van der Waals surface area contributed by atoms with Gasteiger partial charge in [0.2, 0.25) is 0 Å². The summed E-state index contributed by atoms with van der Waals surface area (Å²) in [6.07, 6.45) is 1.22. The van der Waals surface area contributed by atoms with E-state index in [0.717, 1.165) is 0 Å². The number of rotatable bonds is 3. The van der Waals surface area contributed by atoms with Crippen LogP contribution in [0.3, 0.4) is 0 Å². The van der Waals surface area contributed by atoms with E-state index in [1.54, 1.807) is 4.90 Å². The molecule has 0 saturated carbocycles. The van der Waals surface area contributed by atoms with Crippen molar-refractivity contribution < 1.29 is 20.1 Å². The fourth-order valence-electron chi connectivity index (χ4n) is 2.58. The van der Waals surface area contributed by atoms with Gasteiger partial charge in [-0.05, 0) is 12.1 Å². The summed E-state index contributed by atoms with van der Waals surface area (Å²) < 4.78 is 0. The lowest BCUT2D eigenvalue weighted by atomic mass is 9.69. The van der Waals surface area contributed by atoms with Gasteiger partial charge in [0.05, 0.1) is 19.4 Å². The molecule has 20 heavy (non-hydrogen) atoms. The first-order valence-electron chi connectivity index (χ1n) is 6.51. The summed E-state index contributed by atoms with van der Waals surface area (Å²) in [6.45, 7) is 4.25. The first-order valence-corrected chi connectivity index (χ1v) is 6.51. The number of aromatic nitrogens is 1. The van der Waals surface area contributed by atoms with E-state index in [1.165, 1.54) is 18.3 Å². The van der Waals surface area contributed by atoms with E-state index in [2.05, 4.69) is 4.98 Å². The first kappa shape index (κ1) is 14.7. The molecule has 1 aliphatic rings. The second kappa shape index (κ2) is 5.03. The van der Waals surface area contributed by atoms with Crippen molar-refractivity contribution in [1.29, 1.82) is 0 Å². The molecule has 1 aromatic heterocycles. The van der Waals surface area contributed by atoms with Crippen LogP contribution in [0.15, 0.2) is 18.3 Å². The Labute approximate surface area is 117 Å². The highest BCUT2D eigenvalue weighted by Crippen LogP contribution is 2.45. The molecule has 6 heteroatoms. The summed E-state index contributed by atoms with van der Waals surface area (Å²) in [4.78, 5) is 17.9. The molecule has 0 radical (unpaired) electrons. The van der Waals surface area contributed by atoms with Gasteiger partial charge in [-0.1, -0.05) is 13.8 Å². The number of likely N-dealkylation sites (tertiary alicyclic amines) is 1. The Bertz CT molecular complexity index is 486. The standard InChI is InChI=1S/C14H20N2O4/c1-13(8-17)6-16(7-14(13,2)9-18)12(20)11-4-3-10(19)5-15-11/h3-5,17-19H,6-9H2,1-2H3/t13-,14+.